The topological polar surface area (TPSA) is 70.0 Å². The Kier molecular flexibility index (Phi) is 8.52. The first-order valence-electron chi connectivity index (χ1n) is 8.66. The number of aliphatic hydroxyl groups is 1. The third-order valence-corrected chi connectivity index (χ3v) is 5.74. The average Bonchev–Trinajstić information content (AvgIpc) is 2.98. The molecule has 2 fully saturated rings. The van der Waals surface area contributed by atoms with Crippen LogP contribution in [0.3, 0.4) is 0 Å². The second-order valence-corrected chi connectivity index (χ2v) is 7.69. The molecule has 0 atom stereocenters. The van der Waals surface area contributed by atoms with Crippen LogP contribution in [0.15, 0.2) is 29.2 Å². The van der Waals surface area contributed by atoms with E-state index in [1.54, 1.807) is 24.3 Å². The van der Waals surface area contributed by atoms with E-state index < -0.39 is 5.97 Å². The Morgan fingerprint density at radius 1 is 1.24 bits per heavy atom. The van der Waals surface area contributed by atoms with Gasteiger partial charge in [-0.15, -0.1) is 11.8 Å². The number of β-amino-alcohol motifs (C(OH)–C–C–N with tert-alkyl or cyclic N) is 1. The van der Waals surface area contributed by atoms with Crippen LogP contribution in [-0.2, 0) is 9.53 Å². The Labute approximate surface area is 158 Å². The molecule has 0 bridgehead atoms. The molecule has 25 heavy (non-hydrogen) atoms. The molecule has 7 heteroatoms. The minimum Gasteiger partial charge on any atom is -0.481 e. The SMILES string of the molecule is O=C(O)CSc1ccc(Cl)cc1.OCCN1CCOC12CCCCC2. The molecule has 1 saturated carbocycles. The average molecular weight is 388 g/mol. The summed E-state index contributed by atoms with van der Waals surface area (Å²) >= 11 is 6.93. The third-order valence-electron chi connectivity index (χ3n) is 4.49. The largest absolute Gasteiger partial charge is 0.481 e. The summed E-state index contributed by atoms with van der Waals surface area (Å²) in [5.41, 5.74) is 0.0149. The predicted octanol–water partition coefficient (Wildman–Crippen LogP) is 3.49. The minimum atomic E-state index is -0.810. The normalized spacial score (nSPS) is 19.4. The van der Waals surface area contributed by atoms with Crippen molar-refractivity contribution in [2.24, 2.45) is 0 Å². The van der Waals surface area contributed by atoms with E-state index in [2.05, 4.69) is 4.90 Å². The number of thioether (sulfide) groups is 1. The van der Waals surface area contributed by atoms with Gasteiger partial charge in [-0.2, -0.15) is 0 Å². The van der Waals surface area contributed by atoms with Gasteiger partial charge < -0.3 is 14.9 Å². The van der Waals surface area contributed by atoms with Crippen molar-refractivity contribution >= 4 is 29.3 Å². The molecule has 1 aromatic rings. The molecular formula is C18H26ClNO4S. The van der Waals surface area contributed by atoms with Crippen molar-refractivity contribution in [3.8, 4) is 0 Å². The monoisotopic (exact) mass is 387 g/mol. The maximum absolute atomic E-state index is 10.2. The lowest BCUT2D eigenvalue weighted by Gasteiger charge is -2.39. The molecule has 1 aromatic carbocycles. The van der Waals surface area contributed by atoms with E-state index in [4.69, 9.17) is 26.6 Å². The Morgan fingerprint density at radius 2 is 1.92 bits per heavy atom. The Bertz CT molecular complexity index is 534. The molecular weight excluding hydrogens is 362 g/mol. The molecule has 1 spiro atoms. The molecule has 0 radical (unpaired) electrons. The van der Waals surface area contributed by atoms with Crippen LogP contribution in [-0.4, -0.2) is 58.9 Å². The fourth-order valence-electron chi connectivity index (χ4n) is 3.32. The van der Waals surface area contributed by atoms with E-state index >= 15 is 0 Å². The summed E-state index contributed by atoms with van der Waals surface area (Å²) in [6.07, 6.45) is 6.22. The van der Waals surface area contributed by atoms with Crippen LogP contribution in [0.2, 0.25) is 5.02 Å². The Balaban J connectivity index is 0.000000181. The van der Waals surface area contributed by atoms with Crippen LogP contribution in [0.1, 0.15) is 32.1 Å². The number of rotatable bonds is 5. The van der Waals surface area contributed by atoms with Crippen molar-refractivity contribution in [3.05, 3.63) is 29.3 Å². The number of ether oxygens (including phenoxy) is 1. The maximum atomic E-state index is 10.2. The van der Waals surface area contributed by atoms with Gasteiger partial charge in [-0.25, -0.2) is 0 Å². The number of aliphatic carboxylic acids is 1. The van der Waals surface area contributed by atoms with Gasteiger partial charge in [0.05, 0.1) is 19.0 Å². The molecule has 0 aromatic heterocycles. The molecule has 1 aliphatic heterocycles. The second-order valence-electron chi connectivity index (χ2n) is 6.20. The lowest BCUT2D eigenvalue weighted by Crippen LogP contribution is -2.47. The summed E-state index contributed by atoms with van der Waals surface area (Å²) in [4.78, 5) is 13.4. The summed E-state index contributed by atoms with van der Waals surface area (Å²) in [6.45, 7) is 2.88. The number of hydrogen-bond acceptors (Lipinski definition) is 5. The van der Waals surface area contributed by atoms with E-state index in [0.717, 1.165) is 37.4 Å². The summed E-state index contributed by atoms with van der Waals surface area (Å²) in [7, 11) is 0. The zero-order valence-electron chi connectivity index (χ0n) is 14.3. The number of carbonyl (C=O) groups is 1. The van der Waals surface area contributed by atoms with Gasteiger partial charge >= 0.3 is 5.97 Å². The fraction of sp³-hybridized carbons (Fsp3) is 0.611. The highest BCUT2D eigenvalue weighted by Gasteiger charge is 2.42. The van der Waals surface area contributed by atoms with Gasteiger partial charge in [0.2, 0.25) is 0 Å². The van der Waals surface area contributed by atoms with Crippen LogP contribution < -0.4 is 0 Å². The first kappa shape index (κ1) is 20.5. The predicted molar refractivity (Wildman–Crippen MR) is 100 cm³/mol. The van der Waals surface area contributed by atoms with Gasteiger partial charge in [0.25, 0.3) is 0 Å². The van der Waals surface area contributed by atoms with E-state index in [1.807, 2.05) is 0 Å². The van der Waals surface area contributed by atoms with Gasteiger partial charge in [-0.1, -0.05) is 18.0 Å². The Hall–Kier alpha value is -0.790. The summed E-state index contributed by atoms with van der Waals surface area (Å²) in [6, 6.07) is 7.09. The van der Waals surface area contributed by atoms with Crippen molar-refractivity contribution in [2.75, 3.05) is 32.1 Å². The van der Waals surface area contributed by atoms with Crippen LogP contribution in [0.25, 0.3) is 0 Å². The molecule has 1 saturated heterocycles. The van der Waals surface area contributed by atoms with Gasteiger partial charge in [0.15, 0.2) is 0 Å². The molecule has 3 rings (SSSR count). The number of halogens is 1. The molecule has 2 aliphatic rings. The minimum absolute atomic E-state index is 0.0149. The van der Waals surface area contributed by atoms with Gasteiger partial charge in [0, 0.05) is 23.0 Å². The molecule has 0 amide bonds. The van der Waals surface area contributed by atoms with Crippen LogP contribution in [0.4, 0.5) is 0 Å². The van der Waals surface area contributed by atoms with E-state index in [-0.39, 0.29) is 18.1 Å². The van der Waals surface area contributed by atoms with Crippen molar-refractivity contribution < 1.29 is 19.7 Å². The highest BCUT2D eigenvalue weighted by Crippen LogP contribution is 2.37. The smallest absolute Gasteiger partial charge is 0.313 e. The quantitative estimate of drug-likeness (QED) is 0.753. The number of carboxylic acid groups (broad SMARTS) is 1. The van der Waals surface area contributed by atoms with Crippen LogP contribution in [0, 0.1) is 0 Å². The number of benzene rings is 1. The van der Waals surface area contributed by atoms with Crippen molar-refractivity contribution in [1.29, 1.82) is 0 Å². The van der Waals surface area contributed by atoms with Crippen molar-refractivity contribution in [2.45, 2.75) is 42.7 Å². The van der Waals surface area contributed by atoms with Gasteiger partial charge in [-0.3, -0.25) is 9.69 Å². The molecule has 1 aliphatic carbocycles. The highest BCUT2D eigenvalue weighted by atomic mass is 35.5. The number of carboxylic acids is 1. The van der Waals surface area contributed by atoms with E-state index in [9.17, 15) is 4.79 Å². The van der Waals surface area contributed by atoms with Crippen LogP contribution >= 0.6 is 23.4 Å². The van der Waals surface area contributed by atoms with E-state index in [1.165, 1.54) is 31.0 Å². The summed E-state index contributed by atoms with van der Waals surface area (Å²) in [5.74, 6) is -0.725. The van der Waals surface area contributed by atoms with E-state index in [0.29, 0.717) is 5.02 Å². The van der Waals surface area contributed by atoms with Gasteiger partial charge in [-0.05, 0) is 49.9 Å². The highest BCUT2D eigenvalue weighted by molar-refractivity contribution is 8.00. The number of hydrogen-bond donors (Lipinski definition) is 2. The lowest BCUT2D eigenvalue weighted by molar-refractivity contribution is -0.133. The number of aliphatic hydroxyl groups excluding tert-OH is 1. The zero-order valence-corrected chi connectivity index (χ0v) is 15.9. The molecule has 140 valence electrons. The number of nitrogens with zero attached hydrogens (tertiary/aromatic N) is 1. The van der Waals surface area contributed by atoms with Gasteiger partial charge in [0.1, 0.15) is 5.72 Å². The van der Waals surface area contributed by atoms with Crippen molar-refractivity contribution in [3.63, 3.8) is 0 Å². The molecule has 2 N–H and O–H groups in total. The van der Waals surface area contributed by atoms with Crippen molar-refractivity contribution in [1.82, 2.24) is 4.90 Å². The Morgan fingerprint density at radius 3 is 2.52 bits per heavy atom. The fourth-order valence-corrected chi connectivity index (χ4v) is 4.06. The standard InChI is InChI=1S/C10H19NO2.C8H7ClO2S/c12-8-6-11-7-9-13-10(11)4-2-1-3-5-10;9-6-1-3-7(4-2-6)12-5-8(10)11/h12H,1-9H2;1-4H,5H2,(H,10,11). The lowest BCUT2D eigenvalue weighted by atomic mass is 9.91. The first-order chi connectivity index (χ1) is 12.1. The molecule has 1 heterocycles. The molecule has 5 nitrogen and oxygen atoms in total. The second kappa shape index (κ2) is 10.4. The first-order valence-corrected chi connectivity index (χ1v) is 10.0. The summed E-state index contributed by atoms with van der Waals surface area (Å²) < 4.78 is 5.86. The maximum Gasteiger partial charge on any atom is 0.313 e. The zero-order chi connectivity index (χ0) is 18.1. The van der Waals surface area contributed by atoms with Crippen LogP contribution in [0.5, 0.6) is 0 Å². The third kappa shape index (κ3) is 6.46. The molecule has 0 unspecified atom stereocenters. The summed E-state index contributed by atoms with van der Waals surface area (Å²) in [5, 5.41) is 18.0.